The highest BCUT2D eigenvalue weighted by atomic mass is 32.2. The molecule has 0 saturated carbocycles. The van der Waals surface area contributed by atoms with E-state index >= 15 is 0 Å². The molecule has 0 aliphatic rings. The number of nitrogens with one attached hydrogen (secondary N) is 1. The van der Waals surface area contributed by atoms with Crippen molar-refractivity contribution in [2.75, 3.05) is 20.0 Å². The molecule has 8 heteroatoms. The molecule has 0 aliphatic carbocycles. The molecule has 184 valence electrons. The molecule has 0 fully saturated rings. The number of hydrogen-bond acceptors (Lipinski definition) is 6. The lowest BCUT2D eigenvalue weighted by Crippen LogP contribution is -2.40. The first-order valence-electron chi connectivity index (χ1n) is 10.8. The van der Waals surface area contributed by atoms with Crippen LogP contribution in [0.3, 0.4) is 0 Å². The van der Waals surface area contributed by atoms with Gasteiger partial charge in [-0.05, 0) is 59.8 Å². The van der Waals surface area contributed by atoms with E-state index in [1.54, 1.807) is 34.0 Å². The Bertz CT molecular complexity index is 747. The van der Waals surface area contributed by atoms with Crippen LogP contribution in [0, 0.1) is 0 Å². The summed E-state index contributed by atoms with van der Waals surface area (Å²) in [5.41, 5.74) is 0.630. The van der Waals surface area contributed by atoms with Gasteiger partial charge in [0.1, 0.15) is 5.60 Å². The molecule has 1 amide bonds. The van der Waals surface area contributed by atoms with Crippen LogP contribution in [0.5, 0.6) is 0 Å². The van der Waals surface area contributed by atoms with Crippen LogP contribution in [0.1, 0.15) is 59.8 Å². The van der Waals surface area contributed by atoms with Crippen molar-refractivity contribution < 1.29 is 26.9 Å². The SMILES string of the molecule is C=CC[C@@H](CC/C(C)=C/C=C/CC/C=C\[C@H](COS(C)(=O)=O)NC(=O)OC(C)(C)C)OC. The van der Waals surface area contributed by atoms with Gasteiger partial charge in [0.25, 0.3) is 10.1 Å². The van der Waals surface area contributed by atoms with Gasteiger partial charge in [-0.15, -0.1) is 6.58 Å². The predicted molar refractivity (Wildman–Crippen MR) is 130 cm³/mol. The lowest BCUT2D eigenvalue weighted by atomic mass is 10.1. The van der Waals surface area contributed by atoms with Gasteiger partial charge in [-0.3, -0.25) is 4.18 Å². The molecule has 1 N–H and O–H groups in total. The monoisotopic (exact) mass is 471 g/mol. The number of carbonyl (C=O) groups excluding carboxylic acids is 1. The van der Waals surface area contributed by atoms with Gasteiger partial charge >= 0.3 is 6.09 Å². The van der Waals surface area contributed by atoms with E-state index in [2.05, 4.69) is 31.0 Å². The van der Waals surface area contributed by atoms with Gasteiger partial charge in [-0.1, -0.05) is 42.0 Å². The fourth-order valence-electron chi connectivity index (χ4n) is 2.57. The smallest absolute Gasteiger partial charge is 0.408 e. The molecular weight excluding hydrogens is 430 g/mol. The Morgan fingerprint density at radius 2 is 1.84 bits per heavy atom. The third-order valence-electron chi connectivity index (χ3n) is 4.17. The number of amides is 1. The molecule has 0 saturated heterocycles. The Kier molecular flexibility index (Phi) is 14.9. The Hall–Kier alpha value is -1.90. The lowest BCUT2D eigenvalue weighted by molar-refractivity contribution is 0.0502. The minimum absolute atomic E-state index is 0.194. The predicted octanol–water partition coefficient (Wildman–Crippen LogP) is 5.07. The Balaban J connectivity index is 4.58. The quantitative estimate of drug-likeness (QED) is 0.155. The first-order valence-corrected chi connectivity index (χ1v) is 12.6. The Labute approximate surface area is 194 Å². The second-order valence-corrected chi connectivity index (χ2v) is 10.3. The van der Waals surface area contributed by atoms with Crippen molar-refractivity contribution in [2.24, 2.45) is 0 Å². The first-order chi connectivity index (χ1) is 14.9. The molecule has 0 spiro atoms. The molecule has 7 nitrogen and oxygen atoms in total. The van der Waals surface area contributed by atoms with Gasteiger partial charge in [0.05, 0.1) is 25.0 Å². The van der Waals surface area contributed by atoms with Crippen LogP contribution in [0.15, 0.2) is 48.6 Å². The van der Waals surface area contributed by atoms with Gasteiger partial charge in [-0.25, -0.2) is 4.79 Å². The fourth-order valence-corrected chi connectivity index (χ4v) is 2.97. The molecule has 0 aromatic rings. The Morgan fingerprint density at radius 3 is 2.41 bits per heavy atom. The molecule has 0 bridgehead atoms. The fraction of sp³-hybridized carbons (Fsp3) is 0.625. The third kappa shape index (κ3) is 18.8. The maximum Gasteiger partial charge on any atom is 0.408 e. The van der Waals surface area contributed by atoms with Crippen LogP contribution in [-0.2, 0) is 23.8 Å². The van der Waals surface area contributed by atoms with E-state index in [9.17, 15) is 13.2 Å². The molecule has 0 radical (unpaired) electrons. The standard InChI is InChI=1S/C24H41NO6S/c1-8-14-22(29-6)18-17-20(2)15-12-10-9-11-13-16-21(19-30-32(7,27)28)25-23(26)31-24(3,4)5/h8,10,12-13,15-16,21-22H,1,9,11,14,17-19H2,2-7H3,(H,25,26)/b12-10+,16-13-,20-15+/t21-,22+/m1/s1. The van der Waals surface area contributed by atoms with Crippen molar-refractivity contribution in [3.63, 3.8) is 0 Å². The largest absolute Gasteiger partial charge is 0.444 e. The zero-order valence-corrected chi connectivity index (χ0v) is 21.2. The Morgan fingerprint density at radius 1 is 1.19 bits per heavy atom. The zero-order chi connectivity index (χ0) is 24.6. The van der Waals surface area contributed by atoms with Gasteiger partial charge < -0.3 is 14.8 Å². The van der Waals surface area contributed by atoms with Crippen molar-refractivity contribution in [3.8, 4) is 0 Å². The van der Waals surface area contributed by atoms with E-state index in [4.69, 9.17) is 13.7 Å². The third-order valence-corrected chi connectivity index (χ3v) is 4.74. The number of allylic oxidation sites excluding steroid dienone is 5. The molecule has 0 aliphatic heterocycles. The summed E-state index contributed by atoms with van der Waals surface area (Å²) in [4.78, 5) is 12.0. The minimum Gasteiger partial charge on any atom is -0.444 e. The number of ether oxygens (including phenoxy) is 2. The van der Waals surface area contributed by atoms with Crippen LogP contribution >= 0.6 is 0 Å². The topological polar surface area (TPSA) is 90.9 Å². The molecule has 0 heterocycles. The number of carbonyl (C=O) groups is 1. The summed E-state index contributed by atoms with van der Waals surface area (Å²) < 4.78 is 38.0. The lowest BCUT2D eigenvalue weighted by Gasteiger charge is -2.22. The molecule has 0 aromatic heterocycles. The molecule has 0 aromatic carbocycles. The number of methoxy groups -OCH3 is 1. The summed E-state index contributed by atoms with van der Waals surface area (Å²) in [7, 11) is -1.89. The van der Waals surface area contributed by atoms with Crippen molar-refractivity contribution in [1.29, 1.82) is 0 Å². The minimum atomic E-state index is -3.61. The average Bonchev–Trinajstić information content (AvgIpc) is 2.66. The highest BCUT2D eigenvalue weighted by Gasteiger charge is 2.19. The van der Waals surface area contributed by atoms with Crippen LogP contribution in [0.25, 0.3) is 0 Å². The normalized spacial score (nSPS) is 15.1. The van der Waals surface area contributed by atoms with E-state index < -0.39 is 27.9 Å². The molecule has 0 unspecified atom stereocenters. The van der Waals surface area contributed by atoms with Gasteiger partial charge in [0.15, 0.2) is 0 Å². The van der Waals surface area contributed by atoms with Crippen molar-refractivity contribution in [2.45, 2.75) is 77.5 Å². The van der Waals surface area contributed by atoms with E-state index in [0.29, 0.717) is 0 Å². The van der Waals surface area contributed by atoms with Gasteiger partial charge in [0, 0.05) is 7.11 Å². The number of hydrogen-bond donors (Lipinski definition) is 1. The highest BCUT2D eigenvalue weighted by molar-refractivity contribution is 7.85. The van der Waals surface area contributed by atoms with Gasteiger partial charge in [-0.2, -0.15) is 8.42 Å². The first kappa shape index (κ1) is 30.1. The van der Waals surface area contributed by atoms with Crippen LogP contribution in [-0.4, -0.2) is 52.2 Å². The van der Waals surface area contributed by atoms with Crippen molar-refractivity contribution >= 4 is 16.2 Å². The number of rotatable bonds is 15. The van der Waals surface area contributed by atoms with Gasteiger partial charge in [0.2, 0.25) is 0 Å². The summed E-state index contributed by atoms with van der Waals surface area (Å²) in [6.07, 6.45) is 16.5. The van der Waals surface area contributed by atoms with E-state index in [1.165, 1.54) is 5.57 Å². The number of unbranched alkanes of at least 4 members (excludes halogenated alkanes) is 1. The summed E-state index contributed by atoms with van der Waals surface area (Å²) in [6.45, 7) is 10.9. The van der Waals surface area contributed by atoms with E-state index in [0.717, 1.165) is 38.4 Å². The summed E-state index contributed by atoms with van der Waals surface area (Å²) in [5.74, 6) is 0. The summed E-state index contributed by atoms with van der Waals surface area (Å²) in [5, 5.41) is 2.62. The molecular formula is C24H41NO6S. The maximum atomic E-state index is 12.0. The molecule has 32 heavy (non-hydrogen) atoms. The average molecular weight is 472 g/mol. The summed E-state index contributed by atoms with van der Waals surface area (Å²) in [6, 6.07) is -0.616. The zero-order valence-electron chi connectivity index (χ0n) is 20.4. The highest BCUT2D eigenvalue weighted by Crippen LogP contribution is 2.12. The summed E-state index contributed by atoms with van der Waals surface area (Å²) >= 11 is 0. The second kappa shape index (κ2) is 15.8. The van der Waals surface area contributed by atoms with E-state index in [1.807, 2.05) is 18.2 Å². The van der Waals surface area contributed by atoms with Crippen molar-refractivity contribution in [1.82, 2.24) is 5.32 Å². The van der Waals surface area contributed by atoms with Crippen LogP contribution < -0.4 is 5.32 Å². The number of alkyl carbamates (subject to hydrolysis) is 1. The molecule has 2 atom stereocenters. The van der Waals surface area contributed by atoms with Crippen LogP contribution in [0.4, 0.5) is 4.79 Å². The van der Waals surface area contributed by atoms with Crippen molar-refractivity contribution in [3.05, 3.63) is 48.6 Å². The van der Waals surface area contributed by atoms with Crippen LogP contribution in [0.2, 0.25) is 0 Å². The molecule has 0 rings (SSSR count). The maximum absolute atomic E-state index is 12.0. The van der Waals surface area contributed by atoms with E-state index in [-0.39, 0.29) is 12.7 Å². The second-order valence-electron chi connectivity index (χ2n) is 8.61.